The first-order valence-corrected chi connectivity index (χ1v) is 6.52. The second kappa shape index (κ2) is 11.6. The van der Waals surface area contributed by atoms with Crippen LogP contribution in [0.25, 0.3) is 0 Å². The van der Waals surface area contributed by atoms with Crippen LogP contribution in [-0.4, -0.2) is 0 Å². The zero-order valence-corrected chi connectivity index (χ0v) is 10.9. The van der Waals surface area contributed by atoms with Crippen molar-refractivity contribution < 1.29 is 0 Å². The van der Waals surface area contributed by atoms with Crippen LogP contribution in [0.3, 0.4) is 0 Å². The highest BCUT2D eigenvalue weighted by atomic mass is 14.0. The van der Waals surface area contributed by atoms with Gasteiger partial charge >= 0.3 is 0 Å². The molecule has 87 valence electrons. The fourth-order valence-electron chi connectivity index (χ4n) is 1.49. The maximum absolute atomic E-state index is 3.26. The molecule has 0 heteroatoms. The van der Waals surface area contributed by atoms with Crippen LogP contribution in [0.1, 0.15) is 78.6 Å². The van der Waals surface area contributed by atoms with Crippen molar-refractivity contribution in [1.29, 1.82) is 0 Å². The van der Waals surface area contributed by atoms with Crippen molar-refractivity contribution in [3.05, 3.63) is 5.92 Å². The molecule has 0 amide bonds. The van der Waals surface area contributed by atoms with Crippen molar-refractivity contribution in [1.82, 2.24) is 0 Å². The van der Waals surface area contributed by atoms with Crippen LogP contribution in [0.5, 0.6) is 0 Å². The quantitative estimate of drug-likeness (QED) is 0.382. The summed E-state index contributed by atoms with van der Waals surface area (Å²) < 4.78 is 0. The van der Waals surface area contributed by atoms with E-state index in [4.69, 9.17) is 0 Å². The molecule has 0 aliphatic rings. The van der Waals surface area contributed by atoms with Crippen molar-refractivity contribution in [2.75, 3.05) is 0 Å². The number of unbranched alkanes of at least 4 members (excludes halogenated alkanes) is 6. The fraction of sp³-hybridized carbons (Fsp3) is 0.800. The minimum atomic E-state index is 1.10. The first-order valence-electron chi connectivity index (χ1n) is 6.52. The van der Waals surface area contributed by atoms with E-state index < -0.39 is 0 Å². The summed E-state index contributed by atoms with van der Waals surface area (Å²) in [7, 11) is 0. The van der Waals surface area contributed by atoms with Crippen molar-refractivity contribution in [2.45, 2.75) is 78.6 Å². The van der Waals surface area contributed by atoms with Gasteiger partial charge in [-0.15, -0.1) is 11.8 Å². The van der Waals surface area contributed by atoms with E-state index in [0.717, 1.165) is 12.8 Å². The Morgan fingerprint density at radius 1 is 0.800 bits per heavy atom. The van der Waals surface area contributed by atoms with Gasteiger partial charge in [0.15, 0.2) is 0 Å². The molecule has 0 nitrogen and oxygen atoms in total. The van der Waals surface area contributed by atoms with E-state index in [1.54, 1.807) is 5.92 Å². The van der Waals surface area contributed by atoms with E-state index in [2.05, 4.69) is 32.6 Å². The molecule has 0 rings (SSSR count). The lowest BCUT2D eigenvalue weighted by Crippen LogP contribution is -1.84. The van der Waals surface area contributed by atoms with E-state index in [9.17, 15) is 0 Å². The second-order valence-corrected chi connectivity index (χ2v) is 4.58. The second-order valence-electron chi connectivity index (χ2n) is 4.58. The van der Waals surface area contributed by atoms with E-state index in [1.807, 2.05) is 0 Å². The summed E-state index contributed by atoms with van der Waals surface area (Å²) >= 11 is 0. The zero-order chi connectivity index (χ0) is 11.4. The van der Waals surface area contributed by atoms with Gasteiger partial charge in [-0.2, -0.15) is 0 Å². The summed E-state index contributed by atoms with van der Waals surface area (Å²) in [6.07, 6.45) is 11.4. The van der Waals surface area contributed by atoms with E-state index in [-0.39, 0.29) is 0 Å². The van der Waals surface area contributed by atoms with Crippen molar-refractivity contribution >= 4 is 0 Å². The molecular weight excluding hydrogens is 180 g/mol. The molecule has 0 aromatic rings. The summed E-state index contributed by atoms with van der Waals surface area (Å²) in [5.74, 6) is 8.07. The van der Waals surface area contributed by atoms with Crippen LogP contribution in [-0.2, 0) is 0 Å². The van der Waals surface area contributed by atoms with Gasteiger partial charge in [-0.3, -0.25) is 0 Å². The lowest BCUT2D eigenvalue weighted by molar-refractivity contribution is 0.627. The van der Waals surface area contributed by atoms with Gasteiger partial charge in [0.25, 0.3) is 0 Å². The SMILES string of the molecule is CCCCC#CCCCCCC[C](C)C. The van der Waals surface area contributed by atoms with E-state index >= 15 is 0 Å². The van der Waals surface area contributed by atoms with Gasteiger partial charge in [0.2, 0.25) is 0 Å². The highest BCUT2D eigenvalue weighted by Crippen LogP contribution is 2.11. The number of hydrogen-bond acceptors (Lipinski definition) is 0. The molecule has 0 N–H and O–H groups in total. The summed E-state index contributed by atoms with van der Waals surface area (Å²) in [6, 6.07) is 0. The Morgan fingerprint density at radius 3 is 2.00 bits per heavy atom. The van der Waals surface area contributed by atoms with Crippen LogP contribution in [0.15, 0.2) is 0 Å². The molecule has 1 radical (unpaired) electrons. The fourth-order valence-corrected chi connectivity index (χ4v) is 1.49. The largest absolute Gasteiger partial charge is 0.103 e. The summed E-state index contributed by atoms with van der Waals surface area (Å²) in [6.45, 7) is 6.66. The third kappa shape index (κ3) is 13.6. The first kappa shape index (κ1) is 14.6. The Labute approximate surface area is 96.8 Å². The van der Waals surface area contributed by atoms with Crippen molar-refractivity contribution in [2.24, 2.45) is 0 Å². The van der Waals surface area contributed by atoms with Crippen LogP contribution in [0.2, 0.25) is 0 Å². The van der Waals surface area contributed by atoms with Gasteiger partial charge in [0.05, 0.1) is 0 Å². The van der Waals surface area contributed by atoms with Crippen LogP contribution < -0.4 is 0 Å². The maximum atomic E-state index is 3.26. The monoisotopic (exact) mass is 207 g/mol. The molecule has 0 heterocycles. The Kier molecular flexibility index (Phi) is 11.3. The molecule has 0 bridgehead atoms. The molecule has 0 saturated heterocycles. The van der Waals surface area contributed by atoms with Crippen LogP contribution >= 0.6 is 0 Å². The third-order valence-corrected chi connectivity index (χ3v) is 2.51. The molecule has 15 heavy (non-hydrogen) atoms. The molecule has 0 saturated carbocycles. The van der Waals surface area contributed by atoms with Gasteiger partial charge in [-0.05, 0) is 25.2 Å². The minimum absolute atomic E-state index is 1.10. The zero-order valence-electron chi connectivity index (χ0n) is 10.9. The highest BCUT2D eigenvalue weighted by molar-refractivity contribution is 4.98. The molecule has 0 fully saturated rings. The minimum Gasteiger partial charge on any atom is -0.103 e. The molecule has 0 spiro atoms. The normalized spacial score (nSPS) is 10.1. The lowest BCUT2D eigenvalue weighted by atomic mass is 10.0. The Hall–Kier alpha value is -0.440. The molecule has 0 aliphatic heterocycles. The van der Waals surface area contributed by atoms with Crippen LogP contribution in [0.4, 0.5) is 0 Å². The molecule has 0 unspecified atom stereocenters. The third-order valence-electron chi connectivity index (χ3n) is 2.51. The van der Waals surface area contributed by atoms with Crippen LogP contribution in [0, 0.1) is 17.8 Å². The van der Waals surface area contributed by atoms with Gasteiger partial charge in [-0.1, -0.05) is 46.5 Å². The highest BCUT2D eigenvalue weighted by Gasteiger charge is 1.93. The molecule has 0 aliphatic carbocycles. The number of rotatable bonds is 8. The average Bonchev–Trinajstić information content (AvgIpc) is 2.20. The standard InChI is InChI=1S/C15H27/c1-4-5-6-7-8-9-10-11-12-13-14-15(2)3/h4-6,9-14H2,1-3H3. The average molecular weight is 207 g/mol. The van der Waals surface area contributed by atoms with Crippen molar-refractivity contribution in [3.8, 4) is 11.8 Å². The lowest BCUT2D eigenvalue weighted by Gasteiger charge is -2.02. The van der Waals surface area contributed by atoms with E-state index in [0.29, 0.717) is 0 Å². The molecular formula is C15H27. The Balaban J connectivity index is 3.06. The maximum Gasteiger partial charge on any atom is 0.00886 e. The Bertz CT molecular complexity index is 168. The molecule has 0 aromatic carbocycles. The Morgan fingerprint density at radius 2 is 1.40 bits per heavy atom. The predicted octanol–water partition coefficient (Wildman–Crippen LogP) is 5.13. The van der Waals surface area contributed by atoms with Gasteiger partial charge in [0, 0.05) is 12.8 Å². The summed E-state index contributed by atoms with van der Waals surface area (Å²) in [5, 5.41) is 0. The smallest absolute Gasteiger partial charge is 0.00886 e. The number of hydrogen-bond donors (Lipinski definition) is 0. The van der Waals surface area contributed by atoms with Gasteiger partial charge in [-0.25, -0.2) is 0 Å². The van der Waals surface area contributed by atoms with Gasteiger partial charge < -0.3 is 0 Å². The topological polar surface area (TPSA) is 0 Å². The first-order chi connectivity index (χ1) is 7.27. The van der Waals surface area contributed by atoms with E-state index in [1.165, 1.54) is 44.9 Å². The summed E-state index contributed by atoms with van der Waals surface area (Å²) in [5.41, 5.74) is 0. The van der Waals surface area contributed by atoms with Crippen molar-refractivity contribution in [3.63, 3.8) is 0 Å². The predicted molar refractivity (Wildman–Crippen MR) is 69.6 cm³/mol. The van der Waals surface area contributed by atoms with Gasteiger partial charge in [0.1, 0.15) is 0 Å². The summed E-state index contributed by atoms with van der Waals surface area (Å²) in [4.78, 5) is 0. The molecule has 0 atom stereocenters. The molecule has 0 aromatic heterocycles.